The average molecular weight is 413 g/mol. The molecule has 158 valence electrons. The minimum atomic E-state index is -4.51. The number of piperazine rings is 1. The number of rotatable bonds is 6. The van der Waals surface area contributed by atoms with Crippen molar-refractivity contribution < 1.29 is 27.5 Å². The zero-order valence-corrected chi connectivity index (χ0v) is 15.7. The Labute approximate surface area is 165 Å². The Hall–Kier alpha value is -2.85. The number of ether oxygens (including phenoxy) is 1. The summed E-state index contributed by atoms with van der Waals surface area (Å²) in [6.07, 6.45) is -1.23. The van der Waals surface area contributed by atoms with Gasteiger partial charge >= 0.3 is 12.3 Å². The zero-order chi connectivity index (χ0) is 20.9. The lowest BCUT2D eigenvalue weighted by atomic mass is 10.3. The van der Waals surface area contributed by atoms with Gasteiger partial charge in [-0.1, -0.05) is 12.8 Å². The highest BCUT2D eigenvalue weighted by atomic mass is 19.4. The molecule has 0 spiro atoms. The number of anilines is 1. The molecule has 1 saturated carbocycles. The van der Waals surface area contributed by atoms with Gasteiger partial charge in [-0.2, -0.15) is 13.2 Å². The molecule has 8 nitrogen and oxygen atoms in total. The van der Waals surface area contributed by atoms with E-state index in [1.807, 2.05) is 4.90 Å². The van der Waals surface area contributed by atoms with Gasteiger partial charge in [0.05, 0.1) is 0 Å². The number of nitrogens with zero attached hydrogens (tertiary/aromatic N) is 4. The number of aromatic nitrogens is 2. The number of halogens is 3. The largest absolute Gasteiger partial charge is 0.413 e. The Morgan fingerprint density at radius 2 is 1.90 bits per heavy atom. The van der Waals surface area contributed by atoms with E-state index in [4.69, 9.17) is 4.74 Å². The third-order valence-electron chi connectivity index (χ3n) is 4.67. The van der Waals surface area contributed by atoms with Crippen LogP contribution in [0.2, 0.25) is 0 Å². The average Bonchev–Trinajstić information content (AvgIpc) is 3.51. The Morgan fingerprint density at radius 3 is 2.48 bits per heavy atom. The minimum absolute atomic E-state index is 0.0615. The van der Waals surface area contributed by atoms with Crippen LogP contribution in [0, 0.1) is 5.92 Å². The van der Waals surface area contributed by atoms with Crippen LogP contribution in [0.1, 0.15) is 19.3 Å². The zero-order valence-electron chi connectivity index (χ0n) is 15.7. The van der Waals surface area contributed by atoms with Crippen LogP contribution in [0.15, 0.2) is 24.3 Å². The molecule has 2 aliphatic rings. The second kappa shape index (κ2) is 9.10. The predicted octanol–water partition coefficient (Wildman–Crippen LogP) is 2.13. The summed E-state index contributed by atoms with van der Waals surface area (Å²) in [5, 5.41) is 10.5. The standard InChI is InChI=1S/C18H22F3N5O3/c19-18(20,21)7-5-16(27)26-11-9-25(10-12-26)14-3-4-15(24-23-14)29-17(28)22-8-6-13-1-2-13/h3-5,7,13H,1-2,6,8-12H2,(H,22,28). The van der Waals surface area contributed by atoms with Crippen LogP contribution >= 0.6 is 0 Å². The molecule has 11 heteroatoms. The first-order chi connectivity index (χ1) is 13.8. The van der Waals surface area contributed by atoms with Crippen molar-refractivity contribution in [3.05, 3.63) is 24.3 Å². The second-order valence-electron chi connectivity index (χ2n) is 6.97. The molecule has 0 atom stereocenters. The van der Waals surface area contributed by atoms with Gasteiger partial charge < -0.3 is 19.9 Å². The fraction of sp³-hybridized carbons (Fsp3) is 0.556. The van der Waals surface area contributed by atoms with Gasteiger partial charge in [-0.25, -0.2) is 4.79 Å². The number of hydrogen-bond donors (Lipinski definition) is 1. The summed E-state index contributed by atoms with van der Waals surface area (Å²) in [5.41, 5.74) is 0. The van der Waals surface area contributed by atoms with Crippen molar-refractivity contribution in [3.8, 4) is 5.88 Å². The number of carbonyl (C=O) groups is 2. The van der Waals surface area contributed by atoms with E-state index < -0.39 is 18.2 Å². The summed E-state index contributed by atoms with van der Waals surface area (Å²) in [6.45, 7) is 1.91. The van der Waals surface area contributed by atoms with Crippen molar-refractivity contribution >= 4 is 17.8 Å². The molecule has 0 aromatic carbocycles. The molecule has 1 N–H and O–H groups in total. The van der Waals surface area contributed by atoms with Crippen LogP contribution in [-0.2, 0) is 4.79 Å². The van der Waals surface area contributed by atoms with E-state index >= 15 is 0 Å². The van der Waals surface area contributed by atoms with E-state index in [9.17, 15) is 22.8 Å². The van der Waals surface area contributed by atoms with Crippen LogP contribution in [0.4, 0.5) is 23.8 Å². The Kier molecular flexibility index (Phi) is 6.55. The van der Waals surface area contributed by atoms with E-state index in [1.54, 1.807) is 6.07 Å². The highest BCUT2D eigenvalue weighted by Gasteiger charge is 2.25. The van der Waals surface area contributed by atoms with Crippen LogP contribution < -0.4 is 15.0 Å². The first kappa shape index (κ1) is 20.9. The summed E-state index contributed by atoms with van der Waals surface area (Å²) in [4.78, 5) is 26.7. The maximum absolute atomic E-state index is 12.2. The quantitative estimate of drug-likeness (QED) is 0.719. The Bertz CT molecular complexity index is 742. The van der Waals surface area contributed by atoms with Gasteiger partial charge in [-0.05, 0) is 18.4 Å². The molecule has 1 aromatic heterocycles. The van der Waals surface area contributed by atoms with E-state index in [-0.39, 0.29) is 25.0 Å². The number of nitrogens with one attached hydrogen (secondary N) is 1. The van der Waals surface area contributed by atoms with Crippen molar-refractivity contribution in [2.24, 2.45) is 5.92 Å². The second-order valence-corrected chi connectivity index (χ2v) is 6.97. The Morgan fingerprint density at radius 1 is 1.17 bits per heavy atom. The normalized spacial score (nSPS) is 17.5. The van der Waals surface area contributed by atoms with Crippen LogP contribution in [0.5, 0.6) is 5.88 Å². The molecule has 1 aliphatic carbocycles. The number of carbonyl (C=O) groups excluding carboxylic acids is 2. The molecule has 2 fully saturated rings. The highest BCUT2D eigenvalue weighted by molar-refractivity contribution is 5.87. The van der Waals surface area contributed by atoms with Gasteiger partial charge in [0, 0.05) is 50.9 Å². The molecule has 0 bridgehead atoms. The molecule has 1 saturated heterocycles. The van der Waals surface area contributed by atoms with Gasteiger partial charge in [0.1, 0.15) is 0 Å². The summed E-state index contributed by atoms with van der Waals surface area (Å²) < 4.78 is 41.5. The van der Waals surface area contributed by atoms with Crippen molar-refractivity contribution in [2.75, 3.05) is 37.6 Å². The van der Waals surface area contributed by atoms with E-state index in [1.165, 1.54) is 23.8 Å². The summed E-state index contributed by atoms with van der Waals surface area (Å²) >= 11 is 0. The monoisotopic (exact) mass is 413 g/mol. The summed E-state index contributed by atoms with van der Waals surface area (Å²) in [7, 11) is 0. The molecule has 0 unspecified atom stereocenters. The smallest absolute Gasteiger partial charge is 0.390 e. The maximum Gasteiger partial charge on any atom is 0.413 e. The van der Waals surface area contributed by atoms with Crippen molar-refractivity contribution in [2.45, 2.75) is 25.4 Å². The number of allylic oxidation sites excluding steroid dienone is 1. The number of amides is 2. The molecule has 3 rings (SSSR count). The van der Waals surface area contributed by atoms with Crippen molar-refractivity contribution in [1.82, 2.24) is 20.4 Å². The van der Waals surface area contributed by atoms with Crippen molar-refractivity contribution in [3.63, 3.8) is 0 Å². The fourth-order valence-corrected chi connectivity index (χ4v) is 2.88. The van der Waals surface area contributed by atoms with E-state index in [2.05, 4.69) is 15.5 Å². The topological polar surface area (TPSA) is 87.7 Å². The lowest BCUT2D eigenvalue weighted by Gasteiger charge is -2.34. The first-order valence-electron chi connectivity index (χ1n) is 9.39. The van der Waals surface area contributed by atoms with Gasteiger partial charge in [-0.15, -0.1) is 10.2 Å². The minimum Gasteiger partial charge on any atom is -0.390 e. The van der Waals surface area contributed by atoms with E-state index in [0.717, 1.165) is 6.42 Å². The SMILES string of the molecule is O=C(NCCC1CC1)Oc1ccc(N2CCN(C(=O)C=CC(F)(F)F)CC2)nn1. The lowest BCUT2D eigenvalue weighted by molar-refractivity contribution is -0.127. The summed E-state index contributed by atoms with van der Waals surface area (Å²) in [6, 6.07) is 3.16. The van der Waals surface area contributed by atoms with Gasteiger partial charge in [0.2, 0.25) is 11.8 Å². The van der Waals surface area contributed by atoms with Gasteiger partial charge in [0.25, 0.3) is 0 Å². The third-order valence-corrected chi connectivity index (χ3v) is 4.67. The van der Waals surface area contributed by atoms with Crippen molar-refractivity contribution in [1.29, 1.82) is 0 Å². The molecule has 2 amide bonds. The molecule has 29 heavy (non-hydrogen) atoms. The molecular weight excluding hydrogens is 391 g/mol. The predicted molar refractivity (Wildman–Crippen MR) is 97.4 cm³/mol. The Balaban J connectivity index is 1.43. The molecule has 2 heterocycles. The first-order valence-corrected chi connectivity index (χ1v) is 9.39. The van der Waals surface area contributed by atoms with Crippen LogP contribution in [-0.4, -0.2) is 66.0 Å². The molecule has 1 aromatic rings. The number of hydrogen-bond acceptors (Lipinski definition) is 6. The van der Waals surface area contributed by atoms with Gasteiger partial charge in [0.15, 0.2) is 5.82 Å². The summed E-state index contributed by atoms with van der Waals surface area (Å²) in [5.74, 6) is 0.642. The molecular formula is C18H22F3N5O3. The van der Waals surface area contributed by atoms with E-state index in [0.29, 0.717) is 37.4 Å². The van der Waals surface area contributed by atoms with Crippen LogP contribution in [0.3, 0.4) is 0 Å². The highest BCUT2D eigenvalue weighted by Crippen LogP contribution is 2.31. The van der Waals surface area contributed by atoms with Crippen LogP contribution in [0.25, 0.3) is 0 Å². The third kappa shape index (κ3) is 6.91. The fourth-order valence-electron chi connectivity index (χ4n) is 2.88. The lowest BCUT2D eigenvalue weighted by Crippen LogP contribution is -2.48. The molecule has 1 aliphatic heterocycles. The molecule has 0 radical (unpaired) electrons. The number of alkyl halides is 3. The van der Waals surface area contributed by atoms with Gasteiger partial charge in [-0.3, -0.25) is 4.79 Å². The maximum atomic E-state index is 12.2.